The summed E-state index contributed by atoms with van der Waals surface area (Å²) in [6.45, 7) is 8.52. The van der Waals surface area contributed by atoms with E-state index in [4.69, 9.17) is 11.6 Å². The molecule has 0 N–H and O–H groups in total. The first-order valence-electron chi connectivity index (χ1n) is 6.85. The van der Waals surface area contributed by atoms with Crippen molar-refractivity contribution >= 4 is 23.2 Å². The van der Waals surface area contributed by atoms with E-state index in [0.717, 1.165) is 12.8 Å². The van der Waals surface area contributed by atoms with E-state index in [9.17, 15) is 9.18 Å². The molecular weight excluding hydrogens is 265 g/mol. The molecule has 2 nitrogen and oxygen atoms in total. The maximum Gasteiger partial charge on any atom is 0.226 e. The van der Waals surface area contributed by atoms with Crippen LogP contribution in [0.25, 0.3) is 0 Å². The number of hydrogen-bond acceptors (Lipinski definition) is 1. The van der Waals surface area contributed by atoms with Crippen molar-refractivity contribution in [2.75, 3.05) is 11.4 Å². The predicted octanol–water partition coefficient (Wildman–Crippen LogP) is 5.05. The molecule has 4 heteroatoms. The Morgan fingerprint density at radius 2 is 1.95 bits per heavy atom. The van der Waals surface area contributed by atoms with Gasteiger partial charge in [-0.2, -0.15) is 0 Å². The molecule has 1 rings (SSSR count). The largest absolute Gasteiger partial charge is 0.312 e. The van der Waals surface area contributed by atoms with Crippen LogP contribution >= 0.6 is 11.6 Å². The van der Waals surface area contributed by atoms with Crippen molar-refractivity contribution in [1.82, 2.24) is 0 Å². The summed E-state index contributed by atoms with van der Waals surface area (Å²) in [5.74, 6) is -0.434. The van der Waals surface area contributed by atoms with E-state index in [1.54, 1.807) is 11.0 Å². The van der Waals surface area contributed by atoms with Gasteiger partial charge in [0.05, 0.1) is 5.02 Å². The van der Waals surface area contributed by atoms with Gasteiger partial charge in [0.2, 0.25) is 5.91 Å². The Bertz CT molecular complexity index is 396. The highest BCUT2D eigenvalue weighted by molar-refractivity contribution is 6.31. The highest BCUT2D eigenvalue weighted by Crippen LogP contribution is 2.23. The number of amides is 1. The number of nitrogens with zero attached hydrogens (tertiary/aromatic N) is 1. The highest BCUT2D eigenvalue weighted by atomic mass is 35.5. The third-order valence-corrected chi connectivity index (χ3v) is 2.84. The second-order valence-electron chi connectivity index (χ2n) is 3.85. The van der Waals surface area contributed by atoms with Gasteiger partial charge < -0.3 is 4.90 Å². The molecule has 0 unspecified atom stereocenters. The molecule has 108 valence electrons. The molecule has 0 aliphatic carbocycles. The molecule has 0 fully saturated rings. The zero-order valence-corrected chi connectivity index (χ0v) is 12.9. The van der Waals surface area contributed by atoms with Crippen LogP contribution in [-0.4, -0.2) is 12.5 Å². The Hall–Kier alpha value is -1.09. The standard InChI is InChI=1S/C13H17ClFNO.C2H6/c1-3-5-8-16(13(17)4-2)10-6-7-12(15)11(14)9-10;1-2/h6-7,9H,3-5,8H2,1-2H3;1-2H3. The first kappa shape index (κ1) is 17.9. The molecule has 0 saturated carbocycles. The van der Waals surface area contributed by atoms with E-state index in [0.29, 0.717) is 18.7 Å². The van der Waals surface area contributed by atoms with Crippen LogP contribution in [0.3, 0.4) is 0 Å². The molecule has 0 saturated heterocycles. The second-order valence-corrected chi connectivity index (χ2v) is 4.26. The number of anilines is 1. The van der Waals surface area contributed by atoms with Crippen LogP contribution in [0.1, 0.15) is 47.0 Å². The molecule has 0 heterocycles. The molecule has 0 aliphatic heterocycles. The number of unbranched alkanes of at least 4 members (excludes halogenated alkanes) is 1. The Morgan fingerprint density at radius 1 is 1.32 bits per heavy atom. The SMILES string of the molecule is CC.CCCCN(C(=O)CC)c1ccc(F)c(Cl)c1. The van der Waals surface area contributed by atoms with E-state index in [2.05, 4.69) is 6.92 Å². The minimum atomic E-state index is -0.463. The fraction of sp³-hybridized carbons (Fsp3) is 0.533. The zero-order valence-electron chi connectivity index (χ0n) is 12.2. The highest BCUT2D eigenvalue weighted by Gasteiger charge is 2.14. The normalized spacial score (nSPS) is 9.58. The number of carbonyl (C=O) groups excluding carboxylic acids is 1. The number of carbonyl (C=O) groups is 1. The van der Waals surface area contributed by atoms with Crippen LogP contribution in [0.2, 0.25) is 5.02 Å². The molecule has 0 radical (unpaired) electrons. The lowest BCUT2D eigenvalue weighted by atomic mass is 10.2. The van der Waals surface area contributed by atoms with Gasteiger partial charge in [0.15, 0.2) is 0 Å². The molecule has 0 bridgehead atoms. The molecule has 0 atom stereocenters. The maximum absolute atomic E-state index is 13.1. The second kappa shape index (κ2) is 9.79. The van der Waals surface area contributed by atoms with E-state index in [1.807, 2.05) is 20.8 Å². The van der Waals surface area contributed by atoms with Crippen molar-refractivity contribution in [3.05, 3.63) is 29.0 Å². The molecule has 0 aliphatic rings. The van der Waals surface area contributed by atoms with Gasteiger partial charge in [0.1, 0.15) is 5.82 Å². The van der Waals surface area contributed by atoms with Gasteiger partial charge in [-0.25, -0.2) is 4.39 Å². The van der Waals surface area contributed by atoms with Crippen LogP contribution < -0.4 is 4.90 Å². The fourth-order valence-electron chi connectivity index (χ4n) is 1.56. The summed E-state index contributed by atoms with van der Waals surface area (Å²) >= 11 is 5.73. The average molecular weight is 288 g/mol. The third-order valence-electron chi connectivity index (χ3n) is 2.55. The van der Waals surface area contributed by atoms with Gasteiger partial charge in [-0.1, -0.05) is 45.7 Å². The van der Waals surface area contributed by atoms with Crippen LogP contribution in [0.4, 0.5) is 10.1 Å². The summed E-state index contributed by atoms with van der Waals surface area (Å²) in [4.78, 5) is 13.5. The molecule has 1 aromatic rings. The van der Waals surface area contributed by atoms with E-state index in [1.165, 1.54) is 12.1 Å². The third kappa shape index (κ3) is 5.60. The van der Waals surface area contributed by atoms with Crippen molar-refractivity contribution in [3.8, 4) is 0 Å². The molecular formula is C15H23ClFNO. The van der Waals surface area contributed by atoms with Gasteiger partial charge in [0.25, 0.3) is 0 Å². The quantitative estimate of drug-likeness (QED) is 0.742. The first-order valence-corrected chi connectivity index (χ1v) is 7.23. The minimum absolute atomic E-state index is 0.0288. The number of hydrogen-bond donors (Lipinski definition) is 0. The first-order chi connectivity index (χ1) is 9.10. The lowest BCUT2D eigenvalue weighted by Crippen LogP contribution is -2.31. The Balaban J connectivity index is 0.00000154. The summed E-state index contributed by atoms with van der Waals surface area (Å²) < 4.78 is 13.1. The topological polar surface area (TPSA) is 20.3 Å². The summed E-state index contributed by atoms with van der Waals surface area (Å²) in [7, 11) is 0. The number of benzene rings is 1. The van der Waals surface area contributed by atoms with Crippen LogP contribution in [-0.2, 0) is 4.79 Å². The fourth-order valence-corrected chi connectivity index (χ4v) is 1.73. The smallest absolute Gasteiger partial charge is 0.226 e. The van der Waals surface area contributed by atoms with Gasteiger partial charge in [0, 0.05) is 18.7 Å². The monoisotopic (exact) mass is 287 g/mol. The molecule has 19 heavy (non-hydrogen) atoms. The number of halogens is 2. The van der Waals surface area contributed by atoms with Crippen molar-refractivity contribution < 1.29 is 9.18 Å². The summed E-state index contributed by atoms with van der Waals surface area (Å²) in [6, 6.07) is 4.38. The van der Waals surface area contributed by atoms with Crippen LogP contribution in [0, 0.1) is 5.82 Å². The average Bonchev–Trinajstić information content (AvgIpc) is 2.44. The number of rotatable bonds is 5. The van der Waals surface area contributed by atoms with Gasteiger partial charge in [-0.15, -0.1) is 0 Å². The van der Waals surface area contributed by atoms with Crippen molar-refractivity contribution in [2.24, 2.45) is 0 Å². The lowest BCUT2D eigenvalue weighted by Gasteiger charge is -2.22. The van der Waals surface area contributed by atoms with Crippen LogP contribution in [0.5, 0.6) is 0 Å². The van der Waals surface area contributed by atoms with E-state index < -0.39 is 5.82 Å². The molecule has 1 amide bonds. The lowest BCUT2D eigenvalue weighted by molar-refractivity contribution is -0.118. The zero-order chi connectivity index (χ0) is 14.8. The predicted molar refractivity (Wildman–Crippen MR) is 80.3 cm³/mol. The van der Waals surface area contributed by atoms with Gasteiger partial charge in [-0.3, -0.25) is 4.79 Å². The van der Waals surface area contributed by atoms with Crippen molar-refractivity contribution in [3.63, 3.8) is 0 Å². The van der Waals surface area contributed by atoms with Gasteiger partial charge in [-0.05, 0) is 24.6 Å². The summed E-state index contributed by atoms with van der Waals surface area (Å²) in [5.41, 5.74) is 0.664. The minimum Gasteiger partial charge on any atom is -0.312 e. The molecule has 0 spiro atoms. The Labute approximate surface area is 120 Å². The van der Waals surface area contributed by atoms with Crippen molar-refractivity contribution in [2.45, 2.75) is 47.0 Å². The maximum atomic E-state index is 13.1. The van der Waals surface area contributed by atoms with E-state index >= 15 is 0 Å². The summed E-state index contributed by atoms with van der Waals surface area (Å²) in [5, 5.41) is 0.0490. The molecule has 0 aromatic heterocycles. The Morgan fingerprint density at radius 3 is 2.42 bits per heavy atom. The Kier molecular flexibility index (Phi) is 9.23. The summed E-state index contributed by atoms with van der Waals surface area (Å²) in [6.07, 6.45) is 2.35. The molecule has 1 aromatic carbocycles. The van der Waals surface area contributed by atoms with Gasteiger partial charge >= 0.3 is 0 Å². The van der Waals surface area contributed by atoms with Crippen molar-refractivity contribution in [1.29, 1.82) is 0 Å². The van der Waals surface area contributed by atoms with Crippen LogP contribution in [0.15, 0.2) is 18.2 Å². The van der Waals surface area contributed by atoms with E-state index in [-0.39, 0.29) is 10.9 Å².